The van der Waals surface area contributed by atoms with Crippen LogP contribution in [-0.4, -0.2) is 29.5 Å². The molecular formula is C20H23N3O2. The molecule has 1 N–H and O–H groups in total. The number of hydrogen-bond acceptors (Lipinski definition) is 4. The highest BCUT2D eigenvalue weighted by Crippen LogP contribution is 2.39. The van der Waals surface area contributed by atoms with Gasteiger partial charge < -0.3 is 5.32 Å². The maximum Gasteiger partial charge on any atom is 0.292 e. The second kappa shape index (κ2) is 7.49. The van der Waals surface area contributed by atoms with E-state index in [9.17, 15) is 10.1 Å². The zero-order chi connectivity index (χ0) is 17.8. The van der Waals surface area contributed by atoms with E-state index < -0.39 is 0 Å². The number of fused-ring (bicyclic) bond motifs is 1. The van der Waals surface area contributed by atoms with Crippen LogP contribution in [0.1, 0.15) is 31.0 Å². The van der Waals surface area contributed by atoms with Crippen molar-refractivity contribution in [1.82, 2.24) is 4.90 Å². The third kappa shape index (κ3) is 3.72. The van der Waals surface area contributed by atoms with Gasteiger partial charge in [0.1, 0.15) is 5.69 Å². The van der Waals surface area contributed by atoms with Gasteiger partial charge in [-0.1, -0.05) is 54.1 Å². The average molecular weight is 337 g/mol. The number of nitro groups is 1. The quantitative estimate of drug-likeness (QED) is 0.511. The molecule has 1 unspecified atom stereocenters. The molecule has 3 rings (SSSR count). The second-order valence-corrected chi connectivity index (χ2v) is 6.51. The number of nitrogens with one attached hydrogen (secondary N) is 1. The smallest absolute Gasteiger partial charge is 0.292 e. The maximum atomic E-state index is 11.5. The van der Waals surface area contributed by atoms with Crippen molar-refractivity contribution >= 4 is 11.4 Å². The molecule has 0 fully saturated rings. The lowest BCUT2D eigenvalue weighted by molar-refractivity contribution is -0.384. The summed E-state index contributed by atoms with van der Waals surface area (Å²) in [6.45, 7) is 6.48. The lowest BCUT2D eigenvalue weighted by atomic mass is 9.95. The molecule has 2 aromatic rings. The molecule has 0 radical (unpaired) electrons. The van der Waals surface area contributed by atoms with Crippen molar-refractivity contribution in [2.45, 2.75) is 19.9 Å². The van der Waals surface area contributed by atoms with Crippen LogP contribution < -0.4 is 5.32 Å². The fourth-order valence-corrected chi connectivity index (χ4v) is 3.30. The SMILES string of the molecule is CC(C)=CCN1CCNc2c(cccc2[N+](=O)[O-])C1c1ccccc1. The van der Waals surface area contributed by atoms with Crippen LogP contribution in [0.25, 0.3) is 0 Å². The van der Waals surface area contributed by atoms with Crippen LogP contribution in [0.3, 0.4) is 0 Å². The minimum atomic E-state index is -0.306. The second-order valence-electron chi connectivity index (χ2n) is 6.51. The summed E-state index contributed by atoms with van der Waals surface area (Å²) in [7, 11) is 0. The van der Waals surface area contributed by atoms with E-state index in [0.717, 1.165) is 24.2 Å². The molecule has 0 bridgehead atoms. The molecule has 0 aliphatic carbocycles. The fourth-order valence-electron chi connectivity index (χ4n) is 3.30. The molecule has 5 nitrogen and oxygen atoms in total. The number of para-hydroxylation sites is 1. The Morgan fingerprint density at radius 3 is 2.68 bits per heavy atom. The van der Waals surface area contributed by atoms with Gasteiger partial charge in [-0.2, -0.15) is 0 Å². The Morgan fingerprint density at radius 2 is 2.00 bits per heavy atom. The van der Waals surface area contributed by atoms with E-state index in [4.69, 9.17) is 0 Å². The highest BCUT2D eigenvalue weighted by molar-refractivity contribution is 5.68. The largest absolute Gasteiger partial charge is 0.378 e. The van der Waals surface area contributed by atoms with Gasteiger partial charge in [0.25, 0.3) is 5.69 Å². The Balaban J connectivity index is 2.13. The van der Waals surface area contributed by atoms with Gasteiger partial charge in [0.2, 0.25) is 0 Å². The van der Waals surface area contributed by atoms with Crippen LogP contribution in [0.4, 0.5) is 11.4 Å². The Bertz CT molecular complexity index is 783. The summed E-state index contributed by atoms with van der Waals surface area (Å²) in [5.41, 5.74) is 4.15. The molecule has 0 spiro atoms. The number of anilines is 1. The van der Waals surface area contributed by atoms with Gasteiger partial charge in [-0.15, -0.1) is 0 Å². The van der Waals surface area contributed by atoms with E-state index in [-0.39, 0.29) is 16.7 Å². The zero-order valence-electron chi connectivity index (χ0n) is 14.6. The summed E-state index contributed by atoms with van der Waals surface area (Å²) in [5.74, 6) is 0. The highest BCUT2D eigenvalue weighted by atomic mass is 16.6. The average Bonchev–Trinajstić information content (AvgIpc) is 2.79. The fraction of sp³-hybridized carbons (Fsp3) is 0.300. The normalized spacial score (nSPS) is 17.1. The molecule has 1 atom stereocenters. The van der Waals surface area contributed by atoms with Gasteiger partial charge in [0, 0.05) is 31.3 Å². The minimum absolute atomic E-state index is 0.0123. The molecule has 0 amide bonds. The van der Waals surface area contributed by atoms with E-state index in [1.807, 2.05) is 24.3 Å². The maximum absolute atomic E-state index is 11.5. The van der Waals surface area contributed by atoms with E-state index in [1.165, 1.54) is 5.57 Å². The Hall–Kier alpha value is -2.66. The van der Waals surface area contributed by atoms with Gasteiger partial charge in [0.15, 0.2) is 0 Å². The first-order valence-corrected chi connectivity index (χ1v) is 8.51. The Kier molecular flexibility index (Phi) is 5.14. The van der Waals surface area contributed by atoms with Crippen LogP contribution in [0.15, 0.2) is 60.2 Å². The van der Waals surface area contributed by atoms with Crippen molar-refractivity contribution in [2.75, 3.05) is 25.0 Å². The van der Waals surface area contributed by atoms with Crippen molar-refractivity contribution in [3.8, 4) is 0 Å². The molecule has 1 aliphatic heterocycles. The van der Waals surface area contributed by atoms with Crippen molar-refractivity contribution in [3.05, 3.63) is 81.4 Å². The van der Waals surface area contributed by atoms with Crippen LogP contribution in [0, 0.1) is 10.1 Å². The molecule has 2 aromatic carbocycles. The lowest BCUT2D eigenvalue weighted by Crippen LogP contribution is -2.31. The van der Waals surface area contributed by atoms with Gasteiger partial charge in [-0.05, 0) is 19.4 Å². The van der Waals surface area contributed by atoms with E-state index >= 15 is 0 Å². The summed E-state index contributed by atoms with van der Waals surface area (Å²) in [6, 6.07) is 15.5. The predicted octanol–water partition coefficient (Wildman–Crippen LogP) is 4.38. The number of benzene rings is 2. The Labute approximate surface area is 148 Å². The minimum Gasteiger partial charge on any atom is -0.378 e. The molecule has 1 heterocycles. The van der Waals surface area contributed by atoms with E-state index in [0.29, 0.717) is 12.2 Å². The molecule has 0 saturated carbocycles. The first-order valence-electron chi connectivity index (χ1n) is 8.51. The number of allylic oxidation sites excluding steroid dienone is 1. The summed E-state index contributed by atoms with van der Waals surface area (Å²) in [5, 5.41) is 14.8. The van der Waals surface area contributed by atoms with Crippen molar-refractivity contribution in [2.24, 2.45) is 0 Å². The predicted molar refractivity (Wildman–Crippen MR) is 101 cm³/mol. The van der Waals surface area contributed by atoms with Crippen molar-refractivity contribution in [1.29, 1.82) is 0 Å². The number of nitrogens with zero attached hydrogens (tertiary/aromatic N) is 2. The zero-order valence-corrected chi connectivity index (χ0v) is 14.6. The highest BCUT2D eigenvalue weighted by Gasteiger charge is 2.30. The molecule has 25 heavy (non-hydrogen) atoms. The number of nitro benzene ring substituents is 1. The topological polar surface area (TPSA) is 58.4 Å². The van der Waals surface area contributed by atoms with Gasteiger partial charge in [0.05, 0.1) is 11.0 Å². The summed E-state index contributed by atoms with van der Waals surface area (Å²) in [4.78, 5) is 13.5. The number of hydrogen-bond donors (Lipinski definition) is 1. The molecular weight excluding hydrogens is 314 g/mol. The third-order valence-corrected chi connectivity index (χ3v) is 4.48. The molecule has 0 aromatic heterocycles. The monoisotopic (exact) mass is 337 g/mol. The van der Waals surface area contributed by atoms with Crippen LogP contribution in [-0.2, 0) is 0 Å². The Morgan fingerprint density at radius 1 is 1.24 bits per heavy atom. The van der Waals surface area contributed by atoms with Crippen molar-refractivity contribution < 1.29 is 4.92 Å². The third-order valence-electron chi connectivity index (χ3n) is 4.48. The molecule has 0 saturated heterocycles. The van der Waals surface area contributed by atoms with Gasteiger partial charge in [-0.3, -0.25) is 15.0 Å². The lowest BCUT2D eigenvalue weighted by Gasteiger charge is -2.30. The first-order chi connectivity index (χ1) is 12.1. The van der Waals surface area contributed by atoms with E-state index in [2.05, 4.69) is 42.3 Å². The summed E-state index contributed by atoms with van der Waals surface area (Å²) in [6.07, 6.45) is 2.21. The van der Waals surface area contributed by atoms with Crippen molar-refractivity contribution in [3.63, 3.8) is 0 Å². The molecule has 1 aliphatic rings. The van der Waals surface area contributed by atoms with Crippen LogP contribution in [0.2, 0.25) is 0 Å². The van der Waals surface area contributed by atoms with Crippen LogP contribution >= 0.6 is 0 Å². The van der Waals surface area contributed by atoms with Crippen LogP contribution in [0.5, 0.6) is 0 Å². The van der Waals surface area contributed by atoms with Gasteiger partial charge in [-0.25, -0.2) is 0 Å². The standard InChI is InChI=1S/C20H23N3O2/c1-15(2)11-13-22-14-12-21-19-17(9-6-10-18(19)23(24)25)20(22)16-7-4-3-5-8-16/h3-11,20-21H,12-14H2,1-2H3. The van der Waals surface area contributed by atoms with Gasteiger partial charge >= 0.3 is 0 Å². The summed E-state index contributed by atoms with van der Waals surface area (Å²) < 4.78 is 0. The number of rotatable bonds is 4. The van der Waals surface area contributed by atoms with E-state index in [1.54, 1.807) is 12.1 Å². The molecule has 130 valence electrons. The molecule has 5 heteroatoms. The summed E-state index contributed by atoms with van der Waals surface area (Å²) >= 11 is 0. The first kappa shape index (κ1) is 17.2.